The third-order valence-electron chi connectivity index (χ3n) is 5.01. The predicted molar refractivity (Wildman–Crippen MR) is 132 cm³/mol. The Morgan fingerprint density at radius 2 is 1.66 bits per heavy atom. The predicted octanol–water partition coefficient (Wildman–Crippen LogP) is 4.24. The molecule has 1 N–H and O–H groups in total. The van der Waals surface area contributed by atoms with Crippen molar-refractivity contribution in [1.82, 2.24) is 9.55 Å². The number of hydrogen-bond acceptors (Lipinski definition) is 5. The van der Waals surface area contributed by atoms with Crippen LogP contribution in [-0.4, -0.2) is 35.3 Å². The average molecular weight is 445 g/mol. The Balaban J connectivity index is 1.55. The lowest BCUT2D eigenvalue weighted by Crippen LogP contribution is -2.24. The summed E-state index contributed by atoms with van der Waals surface area (Å²) in [5, 5.41) is 4.00. The van der Waals surface area contributed by atoms with Gasteiger partial charge in [0, 0.05) is 25.5 Å². The summed E-state index contributed by atoms with van der Waals surface area (Å²) in [6.45, 7) is 0.396. The molecule has 3 aromatic carbocycles. The zero-order valence-corrected chi connectivity index (χ0v) is 18.8. The van der Waals surface area contributed by atoms with Gasteiger partial charge < -0.3 is 10.2 Å². The minimum Gasteiger partial charge on any atom is -0.378 e. The monoisotopic (exact) mass is 444 g/mol. The molecule has 162 valence electrons. The molecule has 7 heteroatoms. The Hall–Kier alpha value is -3.58. The van der Waals surface area contributed by atoms with Crippen LogP contribution in [0.4, 0.5) is 11.4 Å². The minimum absolute atomic E-state index is 0.110. The average Bonchev–Trinajstić information content (AvgIpc) is 2.81. The van der Waals surface area contributed by atoms with E-state index in [0.717, 1.165) is 16.9 Å². The number of aromatic nitrogens is 2. The molecular formula is C25H24N4O2S. The van der Waals surface area contributed by atoms with E-state index in [9.17, 15) is 9.59 Å². The fraction of sp³-hybridized carbons (Fsp3) is 0.160. The van der Waals surface area contributed by atoms with Crippen LogP contribution in [0, 0.1) is 0 Å². The van der Waals surface area contributed by atoms with Gasteiger partial charge in [-0.3, -0.25) is 14.2 Å². The van der Waals surface area contributed by atoms with Gasteiger partial charge in [-0.05, 0) is 42.0 Å². The van der Waals surface area contributed by atoms with Crippen molar-refractivity contribution in [3.63, 3.8) is 0 Å². The molecule has 0 aliphatic carbocycles. The van der Waals surface area contributed by atoms with Crippen molar-refractivity contribution in [2.75, 3.05) is 30.1 Å². The number of nitrogens with zero attached hydrogens (tertiary/aromatic N) is 3. The van der Waals surface area contributed by atoms with Crippen molar-refractivity contribution < 1.29 is 4.79 Å². The van der Waals surface area contributed by atoms with Gasteiger partial charge >= 0.3 is 0 Å². The highest BCUT2D eigenvalue weighted by Gasteiger charge is 2.14. The summed E-state index contributed by atoms with van der Waals surface area (Å²) < 4.78 is 1.64. The fourth-order valence-electron chi connectivity index (χ4n) is 3.33. The van der Waals surface area contributed by atoms with E-state index in [-0.39, 0.29) is 17.2 Å². The molecule has 0 atom stereocenters. The second kappa shape index (κ2) is 9.70. The first-order valence-corrected chi connectivity index (χ1v) is 11.2. The van der Waals surface area contributed by atoms with Gasteiger partial charge in [0.15, 0.2) is 5.16 Å². The number of hydrogen-bond donors (Lipinski definition) is 1. The van der Waals surface area contributed by atoms with Crippen LogP contribution in [-0.2, 0) is 11.3 Å². The van der Waals surface area contributed by atoms with Crippen LogP contribution in [0.1, 0.15) is 5.56 Å². The Morgan fingerprint density at radius 3 is 2.38 bits per heavy atom. The number of fused-ring (bicyclic) bond motifs is 1. The Bertz CT molecular complexity index is 1290. The zero-order chi connectivity index (χ0) is 22.5. The van der Waals surface area contributed by atoms with Gasteiger partial charge in [0.2, 0.25) is 5.91 Å². The van der Waals surface area contributed by atoms with Gasteiger partial charge in [0.05, 0.1) is 23.2 Å². The van der Waals surface area contributed by atoms with E-state index >= 15 is 0 Å². The van der Waals surface area contributed by atoms with E-state index < -0.39 is 0 Å². The zero-order valence-electron chi connectivity index (χ0n) is 18.0. The number of benzene rings is 3. The number of thioether (sulfide) groups is 1. The van der Waals surface area contributed by atoms with Crippen molar-refractivity contribution >= 4 is 39.9 Å². The lowest BCUT2D eigenvalue weighted by molar-refractivity contribution is -0.113. The Kier molecular flexibility index (Phi) is 6.56. The number of anilines is 2. The van der Waals surface area contributed by atoms with Crippen LogP contribution >= 0.6 is 11.8 Å². The SMILES string of the molecule is CN(C)c1ccc(NC(=O)CSc2nc3ccccc3c(=O)n2Cc2ccccc2)cc1. The number of carbonyl (C=O) groups excluding carboxylic acids is 1. The second-order valence-corrected chi connectivity index (χ2v) is 8.51. The second-order valence-electron chi connectivity index (χ2n) is 7.57. The summed E-state index contributed by atoms with van der Waals surface area (Å²) >= 11 is 1.26. The van der Waals surface area contributed by atoms with Gasteiger partial charge in [-0.25, -0.2) is 4.98 Å². The number of rotatable bonds is 7. The third kappa shape index (κ3) is 5.00. The number of amides is 1. The van der Waals surface area contributed by atoms with Crippen molar-refractivity contribution in [2.45, 2.75) is 11.7 Å². The van der Waals surface area contributed by atoms with E-state index in [0.29, 0.717) is 22.6 Å². The van der Waals surface area contributed by atoms with Crippen LogP contribution < -0.4 is 15.8 Å². The van der Waals surface area contributed by atoms with Gasteiger partial charge in [0.1, 0.15) is 0 Å². The van der Waals surface area contributed by atoms with Crippen LogP contribution in [0.5, 0.6) is 0 Å². The molecule has 0 saturated heterocycles. The van der Waals surface area contributed by atoms with E-state index in [1.807, 2.05) is 91.8 Å². The topological polar surface area (TPSA) is 67.2 Å². The van der Waals surface area contributed by atoms with Gasteiger partial charge in [0.25, 0.3) is 5.56 Å². The maximum atomic E-state index is 13.2. The van der Waals surface area contributed by atoms with Crippen molar-refractivity contribution in [2.24, 2.45) is 0 Å². The molecule has 0 fully saturated rings. The minimum atomic E-state index is -0.152. The van der Waals surface area contributed by atoms with Gasteiger partial charge in [-0.2, -0.15) is 0 Å². The molecule has 0 aliphatic rings. The summed E-state index contributed by atoms with van der Waals surface area (Å²) in [5.41, 5.74) is 3.31. The highest BCUT2D eigenvalue weighted by molar-refractivity contribution is 7.99. The molecule has 0 bridgehead atoms. The number of para-hydroxylation sites is 1. The molecule has 32 heavy (non-hydrogen) atoms. The maximum absolute atomic E-state index is 13.2. The molecule has 0 saturated carbocycles. The van der Waals surface area contributed by atoms with E-state index in [1.54, 1.807) is 10.6 Å². The standard InChI is InChI=1S/C25H24N4O2S/c1-28(2)20-14-12-19(13-15-20)26-23(30)17-32-25-27-22-11-7-6-10-21(22)24(31)29(25)16-18-8-4-3-5-9-18/h3-15H,16-17H2,1-2H3,(H,26,30). The van der Waals surface area contributed by atoms with Crippen LogP contribution in [0.2, 0.25) is 0 Å². The van der Waals surface area contributed by atoms with Gasteiger partial charge in [-0.1, -0.05) is 54.2 Å². The highest BCUT2D eigenvalue weighted by Crippen LogP contribution is 2.20. The first kappa shape index (κ1) is 21.6. The van der Waals surface area contributed by atoms with Crippen LogP contribution in [0.15, 0.2) is 88.8 Å². The van der Waals surface area contributed by atoms with Crippen molar-refractivity contribution in [1.29, 1.82) is 0 Å². The fourth-order valence-corrected chi connectivity index (χ4v) is 4.13. The molecule has 1 heterocycles. The smallest absolute Gasteiger partial charge is 0.262 e. The highest BCUT2D eigenvalue weighted by atomic mass is 32.2. The third-order valence-corrected chi connectivity index (χ3v) is 5.99. The van der Waals surface area contributed by atoms with Crippen molar-refractivity contribution in [3.8, 4) is 0 Å². The lowest BCUT2D eigenvalue weighted by Gasteiger charge is -2.14. The maximum Gasteiger partial charge on any atom is 0.262 e. The molecule has 0 radical (unpaired) electrons. The number of nitrogens with one attached hydrogen (secondary N) is 1. The van der Waals surface area contributed by atoms with E-state index in [4.69, 9.17) is 0 Å². The van der Waals surface area contributed by atoms with E-state index in [2.05, 4.69) is 10.3 Å². The molecule has 4 rings (SSSR count). The van der Waals surface area contributed by atoms with E-state index in [1.165, 1.54) is 11.8 Å². The molecule has 0 spiro atoms. The van der Waals surface area contributed by atoms with Crippen molar-refractivity contribution in [3.05, 3.63) is 94.8 Å². The largest absolute Gasteiger partial charge is 0.378 e. The summed E-state index contributed by atoms with van der Waals surface area (Å²) in [6.07, 6.45) is 0. The molecule has 1 aromatic heterocycles. The van der Waals surface area contributed by atoms with Crippen LogP contribution in [0.25, 0.3) is 10.9 Å². The van der Waals surface area contributed by atoms with Gasteiger partial charge in [-0.15, -0.1) is 0 Å². The molecule has 0 unspecified atom stereocenters. The summed E-state index contributed by atoms with van der Waals surface area (Å²) in [7, 11) is 3.94. The summed E-state index contributed by atoms with van der Waals surface area (Å²) in [4.78, 5) is 32.4. The molecule has 1 amide bonds. The quantitative estimate of drug-likeness (QED) is 0.341. The van der Waals surface area contributed by atoms with Crippen LogP contribution in [0.3, 0.4) is 0 Å². The summed E-state index contributed by atoms with van der Waals surface area (Å²) in [6, 6.07) is 24.7. The first-order chi connectivity index (χ1) is 15.5. The molecular weight excluding hydrogens is 420 g/mol. The lowest BCUT2D eigenvalue weighted by atomic mass is 10.2. The first-order valence-electron chi connectivity index (χ1n) is 10.2. The molecule has 6 nitrogen and oxygen atoms in total. The molecule has 4 aromatic rings. The molecule has 0 aliphatic heterocycles. The Labute approximate surface area is 190 Å². The number of carbonyl (C=O) groups is 1. The summed E-state index contributed by atoms with van der Waals surface area (Å²) in [5.74, 6) is -0.00378. The normalized spacial score (nSPS) is 10.8. The Morgan fingerprint density at radius 1 is 0.969 bits per heavy atom.